The highest BCUT2D eigenvalue weighted by molar-refractivity contribution is 5.97. The number of nitrogens with two attached hydrogens (primary N) is 1. The lowest BCUT2D eigenvalue weighted by Crippen LogP contribution is -2.21. The third-order valence-corrected chi connectivity index (χ3v) is 1.44. The normalized spacial score (nSPS) is 12.8. The van der Waals surface area contributed by atoms with Gasteiger partial charge in [-0.25, -0.2) is 0 Å². The number of nitrogens with one attached hydrogen (secondary N) is 1. The van der Waals surface area contributed by atoms with Crippen LogP contribution < -0.4 is 5.73 Å². The lowest BCUT2D eigenvalue weighted by molar-refractivity contribution is -0.0584. The highest BCUT2D eigenvalue weighted by Gasteiger charge is 2.32. The van der Waals surface area contributed by atoms with Gasteiger partial charge in [-0.1, -0.05) is 13.5 Å². The summed E-state index contributed by atoms with van der Waals surface area (Å²) in [5.74, 6) is 0. The molecule has 0 radical (unpaired) electrons. The van der Waals surface area contributed by atoms with Crippen LogP contribution in [-0.2, 0) is 0 Å². The van der Waals surface area contributed by atoms with Crippen molar-refractivity contribution < 1.29 is 13.2 Å². The maximum atomic E-state index is 11.8. The van der Waals surface area contributed by atoms with Crippen LogP contribution in [0.1, 0.15) is 13.3 Å². The Labute approximate surface area is 74.4 Å². The average molecular weight is 192 g/mol. The van der Waals surface area contributed by atoms with Crippen molar-refractivity contribution in [2.24, 2.45) is 5.73 Å². The molecule has 0 amide bonds. The molecular weight excluding hydrogens is 181 g/mol. The average Bonchev–Trinajstić information content (AvgIpc) is 2.01. The van der Waals surface area contributed by atoms with Gasteiger partial charge in [0, 0.05) is 5.70 Å². The number of alkyl halides is 3. The Kier molecular flexibility index (Phi) is 3.71. The van der Waals surface area contributed by atoms with E-state index in [0.29, 0.717) is 18.1 Å². The fraction of sp³-hybridized carbons (Fsp3) is 0.375. The molecule has 0 saturated heterocycles. The molecule has 3 N–H and O–H groups in total. The Bertz CT molecular complexity index is 251. The molecular formula is C8H11F3N2. The summed E-state index contributed by atoms with van der Waals surface area (Å²) in [6.07, 6.45) is -3.60. The van der Waals surface area contributed by atoms with Crippen molar-refractivity contribution in [3.05, 3.63) is 23.9 Å². The van der Waals surface area contributed by atoms with Crippen LogP contribution in [0, 0.1) is 5.41 Å². The van der Waals surface area contributed by atoms with Gasteiger partial charge in [-0.2, -0.15) is 13.2 Å². The second-order valence-electron chi connectivity index (χ2n) is 2.47. The van der Waals surface area contributed by atoms with Crippen LogP contribution >= 0.6 is 0 Å². The van der Waals surface area contributed by atoms with Gasteiger partial charge in [0.05, 0.1) is 0 Å². The lowest BCUT2D eigenvalue weighted by Gasteiger charge is -2.06. The molecule has 0 heterocycles. The molecule has 0 saturated carbocycles. The minimum Gasteiger partial charge on any atom is -0.398 e. The largest absolute Gasteiger partial charge is 0.432 e. The summed E-state index contributed by atoms with van der Waals surface area (Å²) in [5, 5.41) is 6.62. The first-order chi connectivity index (χ1) is 5.79. The topological polar surface area (TPSA) is 49.9 Å². The van der Waals surface area contributed by atoms with Gasteiger partial charge in [0.2, 0.25) is 0 Å². The Balaban J connectivity index is 4.59. The molecule has 0 atom stereocenters. The van der Waals surface area contributed by atoms with Gasteiger partial charge < -0.3 is 5.73 Å². The molecule has 13 heavy (non-hydrogen) atoms. The molecule has 0 fully saturated rings. The molecule has 0 spiro atoms. The predicted molar refractivity (Wildman–Crippen MR) is 45.5 cm³/mol. The van der Waals surface area contributed by atoms with Crippen LogP contribution in [0.25, 0.3) is 0 Å². The Morgan fingerprint density at radius 3 is 2.31 bits per heavy atom. The molecule has 0 rings (SSSR count). The molecule has 0 aliphatic carbocycles. The Morgan fingerprint density at radius 1 is 1.54 bits per heavy atom. The smallest absolute Gasteiger partial charge is 0.398 e. The number of allylic oxidation sites excluding steroid dienone is 2. The SMILES string of the molecule is C=C(CC)/C(N)=C/C(=N)C(F)(F)F. The maximum absolute atomic E-state index is 11.8. The van der Waals surface area contributed by atoms with E-state index in [1.165, 1.54) is 0 Å². The van der Waals surface area contributed by atoms with Crippen LogP contribution in [0.5, 0.6) is 0 Å². The van der Waals surface area contributed by atoms with Gasteiger partial charge in [-0.05, 0) is 18.1 Å². The zero-order chi connectivity index (χ0) is 10.6. The minimum atomic E-state index is -4.64. The van der Waals surface area contributed by atoms with Crippen LogP contribution in [-0.4, -0.2) is 11.9 Å². The van der Waals surface area contributed by atoms with Gasteiger partial charge in [0.1, 0.15) is 5.71 Å². The van der Waals surface area contributed by atoms with Crippen LogP contribution in [0.15, 0.2) is 23.9 Å². The quantitative estimate of drug-likeness (QED) is 0.523. The first-order valence-electron chi connectivity index (χ1n) is 3.60. The fourth-order valence-electron chi connectivity index (χ4n) is 0.544. The molecule has 0 aromatic carbocycles. The van der Waals surface area contributed by atoms with E-state index in [1.807, 2.05) is 0 Å². The summed E-state index contributed by atoms with van der Waals surface area (Å²) >= 11 is 0. The first kappa shape index (κ1) is 11.7. The Morgan fingerprint density at radius 2 is 2.00 bits per heavy atom. The molecule has 5 heteroatoms. The molecule has 74 valence electrons. The standard InChI is InChI=1S/C8H11F3N2/c1-3-5(2)6(12)4-7(13)8(9,10)11/h4,13H,2-3,12H2,1H3/b6-4-,13-7?. The molecule has 0 bridgehead atoms. The molecule has 0 aliphatic heterocycles. The second-order valence-corrected chi connectivity index (χ2v) is 2.47. The van der Waals surface area contributed by atoms with E-state index in [0.717, 1.165) is 0 Å². The number of halogens is 3. The predicted octanol–water partition coefficient (Wildman–Crippen LogP) is 2.38. The fourth-order valence-corrected chi connectivity index (χ4v) is 0.544. The van der Waals surface area contributed by atoms with Gasteiger partial charge in [-0.3, -0.25) is 5.41 Å². The van der Waals surface area contributed by atoms with Gasteiger partial charge in [0.25, 0.3) is 0 Å². The summed E-state index contributed by atoms with van der Waals surface area (Å²) in [6, 6.07) is 0. The van der Waals surface area contributed by atoms with E-state index in [2.05, 4.69) is 6.58 Å². The van der Waals surface area contributed by atoms with Crippen LogP contribution in [0.2, 0.25) is 0 Å². The lowest BCUT2D eigenvalue weighted by atomic mass is 10.1. The molecule has 0 unspecified atom stereocenters. The van der Waals surface area contributed by atoms with Crippen molar-refractivity contribution in [2.45, 2.75) is 19.5 Å². The number of rotatable bonds is 3. The molecule has 0 aromatic heterocycles. The first-order valence-corrected chi connectivity index (χ1v) is 3.60. The van der Waals surface area contributed by atoms with Crippen LogP contribution in [0.4, 0.5) is 13.2 Å². The van der Waals surface area contributed by atoms with E-state index in [-0.39, 0.29) is 5.70 Å². The zero-order valence-electron chi connectivity index (χ0n) is 7.20. The van der Waals surface area contributed by atoms with Gasteiger partial charge in [-0.15, -0.1) is 0 Å². The highest BCUT2D eigenvalue weighted by Crippen LogP contribution is 2.18. The maximum Gasteiger partial charge on any atom is 0.432 e. The van der Waals surface area contributed by atoms with E-state index in [4.69, 9.17) is 11.1 Å². The summed E-state index contributed by atoms with van der Waals surface area (Å²) in [7, 11) is 0. The summed E-state index contributed by atoms with van der Waals surface area (Å²) in [5.41, 5.74) is 4.09. The van der Waals surface area contributed by atoms with Crippen molar-refractivity contribution in [2.75, 3.05) is 0 Å². The van der Waals surface area contributed by atoms with Crippen molar-refractivity contribution >= 4 is 5.71 Å². The van der Waals surface area contributed by atoms with E-state index in [9.17, 15) is 13.2 Å². The van der Waals surface area contributed by atoms with Gasteiger partial charge in [0.15, 0.2) is 0 Å². The molecule has 0 aromatic rings. The Hall–Kier alpha value is -1.26. The third kappa shape index (κ3) is 3.78. The molecule has 0 aliphatic rings. The zero-order valence-corrected chi connectivity index (χ0v) is 7.20. The van der Waals surface area contributed by atoms with E-state index >= 15 is 0 Å². The third-order valence-electron chi connectivity index (χ3n) is 1.44. The summed E-state index contributed by atoms with van der Waals surface area (Å²) in [4.78, 5) is 0. The minimum absolute atomic E-state index is 0.0928. The highest BCUT2D eigenvalue weighted by atomic mass is 19.4. The second kappa shape index (κ2) is 4.11. The number of hydrogen-bond donors (Lipinski definition) is 2. The van der Waals surface area contributed by atoms with Crippen molar-refractivity contribution in [3.8, 4) is 0 Å². The summed E-state index contributed by atoms with van der Waals surface area (Å²) in [6.45, 7) is 5.17. The monoisotopic (exact) mass is 192 g/mol. The van der Waals surface area contributed by atoms with Crippen molar-refractivity contribution in [1.82, 2.24) is 0 Å². The van der Waals surface area contributed by atoms with Crippen LogP contribution in [0.3, 0.4) is 0 Å². The molecule has 2 nitrogen and oxygen atoms in total. The van der Waals surface area contributed by atoms with E-state index < -0.39 is 11.9 Å². The van der Waals surface area contributed by atoms with E-state index in [1.54, 1.807) is 6.92 Å². The van der Waals surface area contributed by atoms with Crippen molar-refractivity contribution in [1.29, 1.82) is 5.41 Å². The summed E-state index contributed by atoms with van der Waals surface area (Å²) < 4.78 is 35.5. The van der Waals surface area contributed by atoms with Gasteiger partial charge >= 0.3 is 6.18 Å². The van der Waals surface area contributed by atoms with Crippen molar-refractivity contribution in [3.63, 3.8) is 0 Å². The number of hydrogen-bond acceptors (Lipinski definition) is 2.